The SMILES string of the molecule is COc1ccc2c(c1)OC(C)(C)CC2Nc1ncc(C(C)=O)c(C)n1. The number of nitrogens with zero attached hydrogens (tertiary/aromatic N) is 2. The van der Waals surface area contributed by atoms with Crippen LogP contribution in [0.2, 0.25) is 0 Å². The molecule has 25 heavy (non-hydrogen) atoms. The van der Waals surface area contributed by atoms with E-state index in [9.17, 15) is 4.79 Å². The smallest absolute Gasteiger partial charge is 0.223 e. The van der Waals surface area contributed by atoms with Crippen LogP contribution in [-0.2, 0) is 0 Å². The Balaban J connectivity index is 1.92. The second-order valence-electron chi connectivity index (χ2n) is 6.92. The van der Waals surface area contributed by atoms with Gasteiger partial charge in [-0.25, -0.2) is 9.97 Å². The van der Waals surface area contributed by atoms with Crippen LogP contribution in [0.5, 0.6) is 11.5 Å². The van der Waals surface area contributed by atoms with E-state index in [1.807, 2.05) is 25.1 Å². The molecule has 6 nitrogen and oxygen atoms in total. The molecule has 0 aliphatic carbocycles. The van der Waals surface area contributed by atoms with Crippen molar-refractivity contribution in [1.82, 2.24) is 9.97 Å². The second kappa shape index (κ2) is 6.35. The lowest BCUT2D eigenvalue weighted by Crippen LogP contribution is -2.37. The zero-order valence-corrected chi connectivity index (χ0v) is 15.2. The topological polar surface area (TPSA) is 73.3 Å². The van der Waals surface area contributed by atoms with Crippen molar-refractivity contribution < 1.29 is 14.3 Å². The molecule has 1 aromatic carbocycles. The average Bonchev–Trinajstić information content (AvgIpc) is 2.52. The summed E-state index contributed by atoms with van der Waals surface area (Å²) >= 11 is 0. The summed E-state index contributed by atoms with van der Waals surface area (Å²) in [5, 5.41) is 3.38. The summed E-state index contributed by atoms with van der Waals surface area (Å²) in [4.78, 5) is 20.3. The fraction of sp³-hybridized carbons (Fsp3) is 0.421. The van der Waals surface area contributed by atoms with Gasteiger partial charge in [-0.3, -0.25) is 4.79 Å². The average molecular weight is 341 g/mol. The quantitative estimate of drug-likeness (QED) is 0.855. The van der Waals surface area contributed by atoms with Gasteiger partial charge in [0.1, 0.15) is 17.1 Å². The predicted octanol–water partition coefficient (Wildman–Crippen LogP) is 3.71. The molecule has 0 radical (unpaired) electrons. The molecule has 3 rings (SSSR count). The van der Waals surface area contributed by atoms with Gasteiger partial charge < -0.3 is 14.8 Å². The Labute approximate surface area is 147 Å². The molecule has 1 aliphatic rings. The molecule has 2 aromatic rings. The lowest BCUT2D eigenvalue weighted by atomic mass is 9.89. The molecule has 0 amide bonds. The Morgan fingerprint density at radius 3 is 2.80 bits per heavy atom. The number of hydrogen-bond donors (Lipinski definition) is 1. The van der Waals surface area contributed by atoms with Gasteiger partial charge in [-0.15, -0.1) is 0 Å². The fourth-order valence-electron chi connectivity index (χ4n) is 3.13. The molecule has 1 aliphatic heterocycles. The van der Waals surface area contributed by atoms with Crippen LogP contribution in [0.1, 0.15) is 54.8 Å². The maximum absolute atomic E-state index is 11.5. The zero-order chi connectivity index (χ0) is 18.2. The first kappa shape index (κ1) is 17.2. The minimum absolute atomic E-state index is 0.00670. The number of methoxy groups -OCH3 is 1. The number of anilines is 1. The summed E-state index contributed by atoms with van der Waals surface area (Å²) in [6.07, 6.45) is 2.34. The number of fused-ring (bicyclic) bond motifs is 1. The molecule has 132 valence electrons. The van der Waals surface area contributed by atoms with Gasteiger partial charge in [-0.2, -0.15) is 0 Å². The molecule has 1 atom stereocenters. The number of aryl methyl sites for hydroxylation is 1. The third kappa shape index (κ3) is 3.57. The highest BCUT2D eigenvalue weighted by Crippen LogP contribution is 2.42. The molecule has 0 saturated heterocycles. The zero-order valence-electron chi connectivity index (χ0n) is 15.2. The Kier molecular flexibility index (Phi) is 4.37. The summed E-state index contributed by atoms with van der Waals surface area (Å²) in [5.74, 6) is 2.03. The first-order chi connectivity index (χ1) is 11.8. The fourth-order valence-corrected chi connectivity index (χ4v) is 3.13. The van der Waals surface area contributed by atoms with Crippen LogP contribution in [0.15, 0.2) is 24.4 Å². The number of nitrogens with one attached hydrogen (secondary N) is 1. The van der Waals surface area contributed by atoms with Gasteiger partial charge in [0.15, 0.2) is 5.78 Å². The summed E-state index contributed by atoms with van der Waals surface area (Å²) in [6.45, 7) is 7.43. The van der Waals surface area contributed by atoms with Crippen molar-refractivity contribution in [3.05, 3.63) is 41.2 Å². The van der Waals surface area contributed by atoms with Gasteiger partial charge in [0.05, 0.1) is 24.4 Å². The monoisotopic (exact) mass is 341 g/mol. The molecule has 2 heterocycles. The number of aromatic nitrogens is 2. The number of Topliss-reactive ketones (excluding diaryl/α,β-unsaturated/α-hetero) is 1. The van der Waals surface area contributed by atoms with Gasteiger partial charge in [-0.1, -0.05) is 0 Å². The minimum atomic E-state index is -0.328. The molecule has 0 bridgehead atoms. The van der Waals surface area contributed by atoms with E-state index in [2.05, 4.69) is 29.1 Å². The number of hydrogen-bond acceptors (Lipinski definition) is 6. The molecular formula is C19H23N3O3. The van der Waals surface area contributed by atoms with Crippen LogP contribution in [0.25, 0.3) is 0 Å². The highest BCUT2D eigenvalue weighted by molar-refractivity contribution is 5.94. The number of ketones is 1. The van der Waals surface area contributed by atoms with Gasteiger partial charge >= 0.3 is 0 Å². The van der Waals surface area contributed by atoms with E-state index in [1.54, 1.807) is 13.3 Å². The number of rotatable bonds is 4. The van der Waals surface area contributed by atoms with Crippen LogP contribution in [0.3, 0.4) is 0 Å². The molecule has 1 aromatic heterocycles. The minimum Gasteiger partial charge on any atom is -0.497 e. The first-order valence-electron chi connectivity index (χ1n) is 8.27. The predicted molar refractivity (Wildman–Crippen MR) is 95.5 cm³/mol. The van der Waals surface area contributed by atoms with E-state index >= 15 is 0 Å². The molecule has 0 saturated carbocycles. The Bertz CT molecular complexity index is 818. The highest BCUT2D eigenvalue weighted by atomic mass is 16.5. The van der Waals surface area contributed by atoms with Crippen LogP contribution in [0.4, 0.5) is 5.95 Å². The first-order valence-corrected chi connectivity index (χ1v) is 8.27. The Morgan fingerprint density at radius 2 is 2.16 bits per heavy atom. The van der Waals surface area contributed by atoms with Crippen LogP contribution in [0, 0.1) is 6.92 Å². The van der Waals surface area contributed by atoms with E-state index in [0.717, 1.165) is 23.5 Å². The maximum Gasteiger partial charge on any atom is 0.223 e. The van der Waals surface area contributed by atoms with E-state index in [-0.39, 0.29) is 17.4 Å². The van der Waals surface area contributed by atoms with Crippen LogP contribution in [-0.4, -0.2) is 28.5 Å². The van der Waals surface area contributed by atoms with Crippen molar-refractivity contribution in [2.45, 2.75) is 45.8 Å². The van der Waals surface area contributed by atoms with Gasteiger partial charge in [0, 0.05) is 24.2 Å². The molecule has 0 fully saturated rings. The Hall–Kier alpha value is -2.63. The molecule has 1 N–H and O–H groups in total. The van der Waals surface area contributed by atoms with Crippen molar-refractivity contribution in [3.63, 3.8) is 0 Å². The van der Waals surface area contributed by atoms with E-state index in [1.165, 1.54) is 6.92 Å². The van der Waals surface area contributed by atoms with Crippen molar-refractivity contribution in [1.29, 1.82) is 0 Å². The number of carbonyl (C=O) groups excluding carboxylic acids is 1. The summed E-state index contributed by atoms with van der Waals surface area (Å²) in [7, 11) is 1.64. The van der Waals surface area contributed by atoms with E-state index in [4.69, 9.17) is 9.47 Å². The van der Waals surface area contributed by atoms with E-state index in [0.29, 0.717) is 17.2 Å². The number of carbonyl (C=O) groups is 1. The molecule has 0 spiro atoms. The van der Waals surface area contributed by atoms with Crippen molar-refractivity contribution >= 4 is 11.7 Å². The van der Waals surface area contributed by atoms with Crippen LogP contribution < -0.4 is 14.8 Å². The Morgan fingerprint density at radius 1 is 1.40 bits per heavy atom. The largest absolute Gasteiger partial charge is 0.497 e. The summed E-state index contributed by atoms with van der Waals surface area (Å²) < 4.78 is 11.4. The lowest BCUT2D eigenvalue weighted by molar-refractivity contribution is 0.0754. The molecule has 1 unspecified atom stereocenters. The summed E-state index contributed by atoms with van der Waals surface area (Å²) in [5.41, 5.74) is 1.93. The maximum atomic E-state index is 11.5. The highest BCUT2D eigenvalue weighted by Gasteiger charge is 2.34. The lowest BCUT2D eigenvalue weighted by Gasteiger charge is -2.38. The third-order valence-corrected chi connectivity index (χ3v) is 4.34. The second-order valence-corrected chi connectivity index (χ2v) is 6.92. The standard InChI is InChI=1S/C19H23N3O3/c1-11-15(12(2)23)10-20-18(21-11)22-16-9-19(3,4)25-17-8-13(24-5)6-7-14(16)17/h6-8,10,16H,9H2,1-5H3,(H,20,21,22). The normalized spacial score (nSPS) is 18.0. The van der Waals surface area contributed by atoms with Gasteiger partial charge in [0.25, 0.3) is 0 Å². The van der Waals surface area contributed by atoms with Crippen molar-refractivity contribution in [2.75, 3.05) is 12.4 Å². The number of benzene rings is 1. The third-order valence-electron chi connectivity index (χ3n) is 4.34. The molecular weight excluding hydrogens is 318 g/mol. The van der Waals surface area contributed by atoms with Gasteiger partial charge in [0.2, 0.25) is 5.95 Å². The molecule has 6 heteroatoms. The van der Waals surface area contributed by atoms with Crippen molar-refractivity contribution in [3.8, 4) is 11.5 Å². The summed E-state index contributed by atoms with van der Waals surface area (Å²) in [6, 6.07) is 5.82. The van der Waals surface area contributed by atoms with E-state index < -0.39 is 0 Å². The van der Waals surface area contributed by atoms with Gasteiger partial charge in [-0.05, 0) is 39.8 Å². The number of ether oxygens (including phenoxy) is 2. The van der Waals surface area contributed by atoms with Crippen molar-refractivity contribution in [2.24, 2.45) is 0 Å². The van der Waals surface area contributed by atoms with Crippen LogP contribution >= 0.6 is 0 Å².